The minimum atomic E-state index is 0.171. The number of nitrogens with one attached hydrogen (secondary N) is 2. The highest BCUT2D eigenvalue weighted by molar-refractivity contribution is 5.80. The van der Waals surface area contributed by atoms with Gasteiger partial charge in [0, 0.05) is 43.1 Å². The summed E-state index contributed by atoms with van der Waals surface area (Å²) < 4.78 is 5.94. The van der Waals surface area contributed by atoms with E-state index in [1.165, 1.54) is 31.4 Å². The molecule has 0 spiro atoms. The number of benzene rings is 1. The average molecular weight is 385 g/mol. The second kappa shape index (κ2) is 8.42. The van der Waals surface area contributed by atoms with E-state index >= 15 is 0 Å². The van der Waals surface area contributed by atoms with Crippen LogP contribution in [0.15, 0.2) is 35.3 Å². The Hall–Kier alpha value is -1.59. The first-order chi connectivity index (χ1) is 13.6. The predicted molar refractivity (Wildman–Crippen MR) is 114 cm³/mol. The normalized spacial score (nSPS) is 32.0. The smallest absolute Gasteiger partial charge is 0.191 e. The number of aliphatic imine (C=N–C) groups is 1. The third kappa shape index (κ3) is 3.92. The first kappa shape index (κ1) is 19.7. The summed E-state index contributed by atoms with van der Waals surface area (Å²) in [7, 11) is 0. The summed E-state index contributed by atoms with van der Waals surface area (Å²) in [5, 5.41) is 7.21. The molecular weight excluding hydrogens is 348 g/mol. The summed E-state index contributed by atoms with van der Waals surface area (Å²) in [5.41, 5.74) is 1.57. The van der Waals surface area contributed by atoms with Gasteiger partial charge in [-0.05, 0) is 38.3 Å². The summed E-state index contributed by atoms with van der Waals surface area (Å²) in [5.74, 6) is 1.59. The van der Waals surface area contributed by atoms with E-state index in [1.807, 2.05) is 0 Å². The van der Waals surface area contributed by atoms with Crippen molar-refractivity contribution in [2.75, 3.05) is 26.2 Å². The summed E-state index contributed by atoms with van der Waals surface area (Å²) in [6, 6.07) is 11.8. The summed E-state index contributed by atoms with van der Waals surface area (Å²) in [6.45, 7) is 11.6. The molecule has 2 N–H and O–H groups in total. The fourth-order valence-electron chi connectivity index (χ4n) is 5.41. The quantitative estimate of drug-likeness (QED) is 0.585. The van der Waals surface area contributed by atoms with Crippen molar-refractivity contribution in [1.82, 2.24) is 15.5 Å². The molecule has 5 nitrogen and oxygen atoms in total. The van der Waals surface area contributed by atoms with Gasteiger partial charge in [-0.1, -0.05) is 44.2 Å². The van der Waals surface area contributed by atoms with E-state index in [0.717, 1.165) is 32.2 Å². The molecule has 1 aromatic rings. The molecule has 154 valence electrons. The maximum Gasteiger partial charge on any atom is 0.191 e. The van der Waals surface area contributed by atoms with E-state index in [0.29, 0.717) is 24.1 Å². The molecule has 0 bridgehead atoms. The first-order valence-electron chi connectivity index (χ1n) is 11.0. The number of likely N-dealkylation sites (tertiary alicyclic amines) is 1. The molecule has 1 saturated carbocycles. The van der Waals surface area contributed by atoms with Crippen LogP contribution in [0.2, 0.25) is 0 Å². The zero-order valence-electron chi connectivity index (χ0n) is 17.7. The molecule has 0 radical (unpaired) electrons. The van der Waals surface area contributed by atoms with Crippen molar-refractivity contribution in [3.8, 4) is 0 Å². The lowest BCUT2D eigenvalue weighted by Gasteiger charge is -2.55. The second-order valence-corrected chi connectivity index (χ2v) is 9.16. The van der Waals surface area contributed by atoms with Crippen molar-refractivity contribution in [2.45, 2.75) is 64.8 Å². The molecule has 2 aliphatic heterocycles. The fraction of sp³-hybridized carbons (Fsp3) is 0.696. The van der Waals surface area contributed by atoms with Crippen LogP contribution in [-0.2, 0) is 11.3 Å². The number of nitrogens with zero attached hydrogens (tertiary/aromatic N) is 2. The lowest BCUT2D eigenvalue weighted by Crippen LogP contribution is -2.68. The summed E-state index contributed by atoms with van der Waals surface area (Å²) in [6.07, 6.45) is 4.08. The Kier molecular flexibility index (Phi) is 5.93. The standard InChI is InChI=1S/C23H36N4O/c1-4-24-22(26-20-19-12-14-28-21(19)23(20,2)3)25-15-18-11-8-13-27(18)16-17-9-6-5-7-10-17/h5-7,9-10,18-21H,4,8,11-16H2,1-3H3,(H2,24,25,26). The number of ether oxygens (including phenoxy) is 1. The van der Waals surface area contributed by atoms with E-state index < -0.39 is 0 Å². The van der Waals surface area contributed by atoms with Crippen LogP contribution >= 0.6 is 0 Å². The Labute approximate surface area is 169 Å². The average Bonchev–Trinajstić information content (AvgIpc) is 3.33. The van der Waals surface area contributed by atoms with Gasteiger partial charge in [-0.3, -0.25) is 9.89 Å². The molecular formula is C23H36N4O. The highest BCUT2D eigenvalue weighted by Crippen LogP contribution is 2.52. The van der Waals surface area contributed by atoms with Gasteiger partial charge in [0.25, 0.3) is 0 Å². The third-order valence-corrected chi connectivity index (χ3v) is 6.92. The lowest BCUT2D eigenvalue weighted by atomic mass is 9.57. The molecule has 3 aliphatic rings. The Morgan fingerprint density at radius 1 is 1.25 bits per heavy atom. The van der Waals surface area contributed by atoms with Crippen LogP contribution in [0.3, 0.4) is 0 Å². The van der Waals surface area contributed by atoms with Crippen molar-refractivity contribution in [3.63, 3.8) is 0 Å². The summed E-state index contributed by atoms with van der Waals surface area (Å²) >= 11 is 0. The topological polar surface area (TPSA) is 48.9 Å². The monoisotopic (exact) mass is 384 g/mol. The number of hydrogen-bond acceptors (Lipinski definition) is 3. The minimum absolute atomic E-state index is 0.171. The zero-order valence-corrected chi connectivity index (χ0v) is 17.7. The number of rotatable bonds is 6. The van der Waals surface area contributed by atoms with Crippen molar-refractivity contribution in [2.24, 2.45) is 16.3 Å². The van der Waals surface area contributed by atoms with Crippen LogP contribution in [0.4, 0.5) is 0 Å². The fourth-order valence-corrected chi connectivity index (χ4v) is 5.41. The molecule has 0 amide bonds. The Balaban J connectivity index is 1.37. The number of fused-ring (bicyclic) bond motifs is 1. The maximum absolute atomic E-state index is 5.94. The molecule has 4 atom stereocenters. The van der Waals surface area contributed by atoms with Crippen molar-refractivity contribution < 1.29 is 4.74 Å². The first-order valence-corrected chi connectivity index (χ1v) is 11.0. The molecule has 1 aliphatic carbocycles. The molecule has 2 saturated heterocycles. The van der Waals surface area contributed by atoms with Crippen LogP contribution < -0.4 is 10.6 Å². The van der Waals surface area contributed by atoms with E-state index in [1.54, 1.807) is 0 Å². The molecule has 2 heterocycles. The largest absolute Gasteiger partial charge is 0.377 e. The van der Waals surface area contributed by atoms with Crippen LogP contribution in [0.1, 0.15) is 45.6 Å². The van der Waals surface area contributed by atoms with Gasteiger partial charge in [0.05, 0.1) is 12.6 Å². The van der Waals surface area contributed by atoms with Gasteiger partial charge >= 0.3 is 0 Å². The molecule has 1 aromatic carbocycles. The maximum atomic E-state index is 5.94. The second-order valence-electron chi connectivity index (χ2n) is 9.16. The molecule has 4 unspecified atom stereocenters. The third-order valence-electron chi connectivity index (χ3n) is 6.92. The molecule has 0 aromatic heterocycles. The predicted octanol–water partition coefficient (Wildman–Crippen LogP) is 3.02. The highest BCUT2D eigenvalue weighted by Gasteiger charge is 2.59. The van der Waals surface area contributed by atoms with Crippen LogP contribution in [0.25, 0.3) is 0 Å². The van der Waals surface area contributed by atoms with Gasteiger partial charge < -0.3 is 15.4 Å². The Bertz CT molecular complexity index is 674. The SMILES string of the molecule is CCNC(=NCC1CCCN1Cc1ccccc1)NC1C2CCOC2C1(C)C. The van der Waals surface area contributed by atoms with Crippen molar-refractivity contribution in [3.05, 3.63) is 35.9 Å². The van der Waals surface area contributed by atoms with Gasteiger partial charge in [0.1, 0.15) is 0 Å². The van der Waals surface area contributed by atoms with Crippen LogP contribution in [0, 0.1) is 11.3 Å². The van der Waals surface area contributed by atoms with Gasteiger partial charge in [-0.2, -0.15) is 0 Å². The Morgan fingerprint density at radius 2 is 2.07 bits per heavy atom. The lowest BCUT2D eigenvalue weighted by molar-refractivity contribution is -0.106. The number of hydrogen-bond donors (Lipinski definition) is 2. The van der Waals surface area contributed by atoms with E-state index in [2.05, 4.69) is 66.6 Å². The van der Waals surface area contributed by atoms with Crippen LogP contribution in [-0.4, -0.2) is 55.3 Å². The summed E-state index contributed by atoms with van der Waals surface area (Å²) in [4.78, 5) is 7.59. The van der Waals surface area contributed by atoms with Crippen molar-refractivity contribution in [1.29, 1.82) is 0 Å². The molecule has 3 fully saturated rings. The minimum Gasteiger partial charge on any atom is -0.377 e. The number of guanidine groups is 1. The molecule has 28 heavy (non-hydrogen) atoms. The Morgan fingerprint density at radius 3 is 2.86 bits per heavy atom. The van der Waals surface area contributed by atoms with E-state index in [-0.39, 0.29) is 5.41 Å². The highest BCUT2D eigenvalue weighted by atomic mass is 16.5. The molecule has 4 rings (SSSR count). The molecule has 5 heteroatoms. The van der Waals surface area contributed by atoms with Crippen molar-refractivity contribution >= 4 is 5.96 Å². The van der Waals surface area contributed by atoms with Gasteiger partial charge in [-0.15, -0.1) is 0 Å². The van der Waals surface area contributed by atoms with Crippen LogP contribution in [0.5, 0.6) is 0 Å². The van der Waals surface area contributed by atoms with Gasteiger partial charge in [0.2, 0.25) is 0 Å². The van der Waals surface area contributed by atoms with Gasteiger partial charge in [0.15, 0.2) is 5.96 Å². The zero-order chi connectivity index (χ0) is 19.6. The van der Waals surface area contributed by atoms with Gasteiger partial charge in [-0.25, -0.2) is 0 Å². The van der Waals surface area contributed by atoms with E-state index in [9.17, 15) is 0 Å². The van der Waals surface area contributed by atoms with E-state index in [4.69, 9.17) is 9.73 Å².